The van der Waals surface area contributed by atoms with Crippen LogP contribution in [0.25, 0.3) is 0 Å². The topological polar surface area (TPSA) is 89.4 Å². The number of carbonyl (C=O) groups excluding carboxylic acids is 1. The summed E-state index contributed by atoms with van der Waals surface area (Å²) in [6, 6.07) is 5.52. The van der Waals surface area contributed by atoms with Crippen molar-refractivity contribution in [3.05, 3.63) is 46.6 Å². The number of benzene rings is 1. The fourth-order valence-corrected chi connectivity index (χ4v) is 2.75. The summed E-state index contributed by atoms with van der Waals surface area (Å²) in [5.74, 6) is 2.11. The van der Waals surface area contributed by atoms with E-state index in [-0.39, 0.29) is 17.4 Å². The molecule has 7 nitrogen and oxygen atoms in total. The second kappa shape index (κ2) is 12.1. The summed E-state index contributed by atoms with van der Waals surface area (Å²) >= 11 is 4.83. The van der Waals surface area contributed by atoms with Gasteiger partial charge in [-0.2, -0.15) is 0 Å². The number of unbranched alkanes of at least 4 members (excludes halogenated alkanes) is 2. The van der Waals surface area contributed by atoms with E-state index in [0.29, 0.717) is 36.3 Å². The molecule has 0 atom stereocenters. The molecule has 0 aliphatic carbocycles. The third-order valence-electron chi connectivity index (χ3n) is 4.10. The highest BCUT2D eigenvalue weighted by molar-refractivity contribution is 7.71. The number of ether oxygens (including phenoxy) is 2. The van der Waals surface area contributed by atoms with Crippen molar-refractivity contribution in [2.24, 2.45) is 5.92 Å². The molecular weight excluding hydrogens is 390 g/mol. The molecule has 0 unspecified atom stereocenters. The van der Waals surface area contributed by atoms with E-state index in [1.165, 1.54) is 0 Å². The minimum Gasteiger partial charge on any atom is -0.493 e. The van der Waals surface area contributed by atoms with Crippen LogP contribution >= 0.6 is 12.2 Å². The molecule has 158 valence electrons. The van der Waals surface area contributed by atoms with E-state index in [1.54, 1.807) is 13.2 Å². The third-order valence-corrected chi connectivity index (χ3v) is 4.27. The van der Waals surface area contributed by atoms with Crippen LogP contribution in [0.2, 0.25) is 0 Å². The Morgan fingerprint density at radius 3 is 2.86 bits per heavy atom. The predicted molar refractivity (Wildman–Crippen MR) is 113 cm³/mol. The molecule has 0 radical (unpaired) electrons. The molecule has 29 heavy (non-hydrogen) atoms. The number of amides is 1. The molecule has 0 aliphatic rings. The summed E-state index contributed by atoms with van der Waals surface area (Å²) in [4.78, 5) is 12.2. The number of carbonyl (C=O) groups is 1. The van der Waals surface area contributed by atoms with Gasteiger partial charge in [-0.05, 0) is 55.1 Å². The van der Waals surface area contributed by atoms with Gasteiger partial charge in [0.2, 0.25) is 5.91 Å². The van der Waals surface area contributed by atoms with Crippen molar-refractivity contribution in [3.63, 3.8) is 0 Å². The third kappa shape index (κ3) is 8.51. The van der Waals surface area contributed by atoms with Crippen molar-refractivity contribution in [2.75, 3.05) is 7.11 Å². The smallest absolute Gasteiger partial charge is 0.284 e. The van der Waals surface area contributed by atoms with Crippen LogP contribution in [0.4, 0.5) is 0 Å². The van der Waals surface area contributed by atoms with Crippen LogP contribution in [0.1, 0.15) is 51.0 Å². The molecule has 0 saturated heterocycles. The van der Waals surface area contributed by atoms with Crippen LogP contribution in [0.3, 0.4) is 0 Å². The lowest BCUT2D eigenvalue weighted by molar-refractivity contribution is -0.121. The summed E-state index contributed by atoms with van der Waals surface area (Å²) in [6.45, 7) is 4.88. The maximum absolute atomic E-state index is 12.0. The monoisotopic (exact) mass is 419 g/mol. The van der Waals surface area contributed by atoms with E-state index in [0.717, 1.165) is 24.8 Å². The molecule has 1 aromatic heterocycles. The van der Waals surface area contributed by atoms with Crippen molar-refractivity contribution in [3.8, 4) is 11.5 Å². The Bertz CT molecular complexity index is 858. The molecule has 1 aromatic carbocycles. The average Bonchev–Trinajstić information content (AvgIpc) is 3.12. The zero-order chi connectivity index (χ0) is 21.1. The lowest BCUT2D eigenvalue weighted by Gasteiger charge is -2.12. The molecule has 1 amide bonds. The zero-order valence-corrected chi connectivity index (χ0v) is 18.0. The van der Waals surface area contributed by atoms with Gasteiger partial charge in [-0.15, -0.1) is 5.10 Å². The summed E-state index contributed by atoms with van der Waals surface area (Å²) in [5.41, 5.74) is 0.930. The number of H-pyrrole nitrogens is 1. The average molecular weight is 420 g/mol. The number of hydrogen-bond donors (Lipinski definition) is 2. The fraction of sp³-hybridized carbons (Fsp3) is 0.476. The summed E-state index contributed by atoms with van der Waals surface area (Å²) in [5, 5.41) is 9.38. The highest BCUT2D eigenvalue weighted by Gasteiger charge is 2.09. The van der Waals surface area contributed by atoms with Gasteiger partial charge in [0.1, 0.15) is 0 Å². The van der Waals surface area contributed by atoms with Crippen LogP contribution in [0.15, 0.2) is 34.8 Å². The number of allylic oxidation sites excluding steroid dienone is 2. The Kier molecular flexibility index (Phi) is 9.43. The molecular formula is C21H29N3O4S. The van der Waals surface area contributed by atoms with Crippen LogP contribution in [-0.2, 0) is 17.9 Å². The lowest BCUT2D eigenvalue weighted by Crippen LogP contribution is -2.22. The molecule has 0 fully saturated rings. The zero-order valence-electron chi connectivity index (χ0n) is 17.2. The minimum absolute atomic E-state index is 0.0528. The fourth-order valence-electron chi connectivity index (χ4n) is 2.61. The van der Waals surface area contributed by atoms with E-state index in [1.807, 2.05) is 12.1 Å². The van der Waals surface area contributed by atoms with Gasteiger partial charge in [-0.25, -0.2) is 5.10 Å². The molecule has 8 heteroatoms. The van der Waals surface area contributed by atoms with Gasteiger partial charge in [0.25, 0.3) is 10.7 Å². The Balaban J connectivity index is 1.76. The quantitative estimate of drug-likeness (QED) is 0.294. The van der Waals surface area contributed by atoms with E-state index in [9.17, 15) is 4.79 Å². The molecule has 2 N–H and O–H groups in total. The van der Waals surface area contributed by atoms with Gasteiger partial charge in [-0.3, -0.25) is 4.79 Å². The number of aromatic nitrogens is 2. The Labute approximate surface area is 176 Å². The van der Waals surface area contributed by atoms with E-state index in [4.69, 9.17) is 26.1 Å². The standard InChI is InChI=1S/C21H29N3O4S/c1-15(2)8-6-4-5-7-9-19(25)22-13-16-10-11-17(18(12-16)26-3)27-14-20-23-24-21(29)28-20/h6,8,10-12,15H,4-5,7,9,13-14H2,1-3H3,(H,22,25)(H,24,29)/b8-6+. The van der Waals surface area contributed by atoms with Crippen molar-refractivity contribution in [1.82, 2.24) is 15.5 Å². The maximum Gasteiger partial charge on any atom is 0.284 e. The number of methoxy groups -OCH3 is 1. The first-order valence-electron chi connectivity index (χ1n) is 9.75. The lowest BCUT2D eigenvalue weighted by atomic mass is 10.1. The number of hydrogen-bond acceptors (Lipinski definition) is 6. The highest BCUT2D eigenvalue weighted by atomic mass is 32.1. The van der Waals surface area contributed by atoms with Gasteiger partial charge in [0.15, 0.2) is 18.1 Å². The number of rotatable bonds is 12. The molecule has 0 spiro atoms. The molecule has 1 heterocycles. The van der Waals surface area contributed by atoms with Crippen molar-refractivity contribution < 1.29 is 18.7 Å². The summed E-state index contributed by atoms with van der Waals surface area (Å²) in [6.07, 6.45) is 7.84. The Morgan fingerprint density at radius 1 is 1.34 bits per heavy atom. The number of aromatic amines is 1. The molecule has 2 rings (SSSR count). The van der Waals surface area contributed by atoms with E-state index >= 15 is 0 Å². The number of nitrogens with one attached hydrogen (secondary N) is 2. The van der Waals surface area contributed by atoms with Crippen LogP contribution in [0, 0.1) is 10.8 Å². The minimum atomic E-state index is 0.0528. The molecule has 0 bridgehead atoms. The van der Waals surface area contributed by atoms with Crippen LogP contribution in [-0.4, -0.2) is 23.2 Å². The van der Waals surface area contributed by atoms with Gasteiger partial charge in [0.05, 0.1) is 7.11 Å². The Morgan fingerprint density at radius 2 is 2.17 bits per heavy atom. The van der Waals surface area contributed by atoms with Gasteiger partial charge >= 0.3 is 0 Å². The van der Waals surface area contributed by atoms with E-state index < -0.39 is 0 Å². The SMILES string of the molecule is COc1cc(CNC(=O)CCCC/C=C/C(C)C)ccc1OCc1n[nH]c(=S)o1. The predicted octanol–water partition coefficient (Wildman–Crippen LogP) is 4.71. The van der Waals surface area contributed by atoms with Gasteiger partial charge < -0.3 is 19.2 Å². The first-order chi connectivity index (χ1) is 14.0. The van der Waals surface area contributed by atoms with Gasteiger partial charge in [0, 0.05) is 13.0 Å². The van der Waals surface area contributed by atoms with Crippen molar-refractivity contribution in [1.29, 1.82) is 0 Å². The summed E-state index contributed by atoms with van der Waals surface area (Å²) < 4.78 is 16.2. The van der Waals surface area contributed by atoms with E-state index in [2.05, 4.69) is 41.5 Å². The summed E-state index contributed by atoms with van der Waals surface area (Å²) in [7, 11) is 1.57. The van der Waals surface area contributed by atoms with Crippen LogP contribution < -0.4 is 14.8 Å². The van der Waals surface area contributed by atoms with Crippen LogP contribution in [0.5, 0.6) is 11.5 Å². The second-order valence-corrected chi connectivity index (χ2v) is 7.35. The maximum atomic E-state index is 12.0. The van der Waals surface area contributed by atoms with Gasteiger partial charge in [-0.1, -0.05) is 32.1 Å². The molecule has 0 saturated carbocycles. The normalized spacial score (nSPS) is 11.2. The Hall–Kier alpha value is -2.61. The van der Waals surface area contributed by atoms with Crippen molar-refractivity contribution >= 4 is 18.1 Å². The molecule has 0 aliphatic heterocycles. The highest BCUT2D eigenvalue weighted by Crippen LogP contribution is 2.28. The second-order valence-electron chi connectivity index (χ2n) is 6.98. The first-order valence-corrected chi connectivity index (χ1v) is 10.2. The largest absolute Gasteiger partial charge is 0.493 e. The first kappa shape index (κ1) is 22.7. The number of nitrogens with zero attached hydrogens (tertiary/aromatic N) is 1. The molecule has 2 aromatic rings. The van der Waals surface area contributed by atoms with Crippen molar-refractivity contribution in [2.45, 2.75) is 52.7 Å².